The van der Waals surface area contributed by atoms with Gasteiger partial charge in [0.05, 0.1) is 19.8 Å². The molecule has 0 aromatic rings. The van der Waals surface area contributed by atoms with Crippen LogP contribution in [0.25, 0.3) is 0 Å². The minimum Gasteiger partial charge on any atom is -1.00 e. The Morgan fingerprint density at radius 1 is 1.55 bits per heavy atom. The number of rotatable bonds is 3. The third-order valence-corrected chi connectivity index (χ3v) is 2.03. The second-order valence-corrected chi connectivity index (χ2v) is 3.23. The lowest BCUT2D eigenvalue weighted by Gasteiger charge is -2.25. The maximum atomic E-state index is 3.21. The van der Waals surface area contributed by atoms with E-state index in [0.717, 1.165) is 11.2 Å². The minimum absolute atomic E-state index is 0. The van der Waals surface area contributed by atoms with Gasteiger partial charge in [0.25, 0.3) is 0 Å². The van der Waals surface area contributed by atoms with Crippen LogP contribution in [-0.2, 0) is 0 Å². The van der Waals surface area contributed by atoms with Gasteiger partial charge in [-0.1, -0.05) is 13.3 Å². The molecule has 0 aromatic heterocycles. The van der Waals surface area contributed by atoms with Gasteiger partial charge < -0.3 is 17.7 Å². The van der Waals surface area contributed by atoms with Crippen molar-refractivity contribution in [2.24, 2.45) is 0 Å². The highest BCUT2D eigenvalue weighted by molar-refractivity contribution is 4.76. The van der Waals surface area contributed by atoms with Gasteiger partial charge in [-0.3, -0.25) is 4.48 Å². The molecule has 0 aliphatic carbocycles. The zero-order valence-electron chi connectivity index (χ0n) is 7.31. The fraction of sp³-hybridized carbons (Fsp3) is 0.750. The van der Waals surface area contributed by atoms with Crippen LogP contribution in [-0.4, -0.2) is 24.7 Å². The van der Waals surface area contributed by atoms with Crippen LogP contribution in [0.3, 0.4) is 0 Å². The van der Waals surface area contributed by atoms with E-state index in [2.05, 4.69) is 31.7 Å². The quantitative estimate of drug-likeness (QED) is 0.504. The Kier molecular flexibility index (Phi) is 4.54. The fourth-order valence-electron chi connectivity index (χ4n) is 1.22. The molecule has 0 saturated heterocycles. The van der Waals surface area contributed by atoms with E-state index < -0.39 is 0 Å². The number of quaternary nitrogens is 1. The van der Waals surface area contributed by atoms with Gasteiger partial charge in [-0.25, -0.2) is 0 Å². The maximum absolute atomic E-state index is 3.21. The lowest BCUT2D eigenvalue weighted by molar-refractivity contribution is -0.856. The second kappa shape index (κ2) is 4.62. The molecular formula is C8H17ClN2. The molecule has 1 rings (SSSR count). The van der Waals surface area contributed by atoms with Crippen molar-refractivity contribution in [2.75, 3.05) is 20.3 Å². The van der Waals surface area contributed by atoms with Crippen molar-refractivity contribution in [3.63, 3.8) is 0 Å². The van der Waals surface area contributed by atoms with Crippen LogP contribution in [0.1, 0.15) is 19.8 Å². The van der Waals surface area contributed by atoms with Gasteiger partial charge in [0, 0.05) is 0 Å². The Labute approximate surface area is 75.3 Å². The van der Waals surface area contributed by atoms with E-state index in [1.807, 2.05) is 0 Å². The zero-order valence-corrected chi connectivity index (χ0v) is 8.06. The minimum atomic E-state index is 0. The molecule has 0 saturated carbocycles. The highest BCUT2D eigenvalue weighted by Gasteiger charge is 2.20. The number of hydrogen-bond acceptors (Lipinski definition) is 1. The van der Waals surface area contributed by atoms with Crippen molar-refractivity contribution in [3.05, 3.63) is 12.4 Å². The normalized spacial score (nSPS) is 27.8. The van der Waals surface area contributed by atoms with Crippen molar-refractivity contribution < 1.29 is 16.9 Å². The molecule has 0 bridgehead atoms. The first-order valence-electron chi connectivity index (χ1n) is 4.02. The van der Waals surface area contributed by atoms with E-state index in [1.165, 1.54) is 19.4 Å². The Hall–Kier alpha value is -0.210. The summed E-state index contributed by atoms with van der Waals surface area (Å²) in [6.07, 6.45) is 6.90. The molecule has 1 heterocycles. The summed E-state index contributed by atoms with van der Waals surface area (Å²) in [5.74, 6) is 0. The van der Waals surface area contributed by atoms with E-state index in [1.54, 1.807) is 0 Å². The third kappa shape index (κ3) is 3.12. The largest absolute Gasteiger partial charge is 1.00 e. The number of nitrogens with zero attached hydrogens (tertiary/aromatic N) is 1. The van der Waals surface area contributed by atoms with Crippen LogP contribution in [0.5, 0.6) is 0 Å². The van der Waals surface area contributed by atoms with Gasteiger partial charge in [-0.05, 0) is 6.42 Å². The lowest BCUT2D eigenvalue weighted by atomic mass is 10.3. The SMILES string of the molecule is CCCC[N+]1(C)C=CNC1.[Cl-]. The van der Waals surface area contributed by atoms with Gasteiger partial charge in [0.2, 0.25) is 0 Å². The molecule has 1 N–H and O–H groups in total. The topological polar surface area (TPSA) is 12.0 Å². The van der Waals surface area contributed by atoms with Crippen LogP contribution in [0.2, 0.25) is 0 Å². The van der Waals surface area contributed by atoms with Crippen molar-refractivity contribution in [1.82, 2.24) is 5.32 Å². The Balaban J connectivity index is 0.000001000. The van der Waals surface area contributed by atoms with E-state index in [0.29, 0.717) is 0 Å². The van der Waals surface area contributed by atoms with Crippen molar-refractivity contribution in [3.8, 4) is 0 Å². The smallest absolute Gasteiger partial charge is 0.155 e. The summed E-state index contributed by atoms with van der Waals surface area (Å²) in [6, 6.07) is 0. The van der Waals surface area contributed by atoms with Crippen LogP contribution in [0.4, 0.5) is 0 Å². The number of hydrogen-bond donors (Lipinski definition) is 1. The van der Waals surface area contributed by atoms with Crippen LogP contribution in [0, 0.1) is 0 Å². The summed E-state index contributed by atoms with van der Waals surface area (Å²) >= 11 is 0. The van der Waals surface area contributed by atoms with Gasteiger partial charge in [0.1, 0.15) is 6.20 Å². The van der Waals surface area contributed by atoms with Crippen molar-refractivity contribution in [1.29, 1.82) is 0 Å². The Bertz CT molecular complexity index is 136. The van der Waals surface area contributed by atoms with E-state index >= 15 is 0 Å². The van der Waals surface area contributed by atoms with Gasteiger partial charge in [-0.15, -0.1) is 0 Å². The average Bonchev–Trinajstić information content (AvgIpc) is 2.33. The summed E-state index contributed by atoms with van der Waals surface area (Å²) in [5, 5.41) is 3.21. The van der Waals surface area contributed by atoms with E-state index in [4.69, 9.17) is 0 Å². The molecule has 1 unspecified atom stereocenters. The predicted octanol–water partition coefficient (Wildman–Crippen LogP) is -1.73. The lowest BCUT2D eigenvalue weighted by Crippen LogP contribution is -3.00. The summed E-state index contributed by atoms with van der Waals surface area (Å²) in [6.45, 7) is 4.57. The van der Waals surface area contributed by atoms with Gasteiger partial charge in [-0.2, -0.15) is 0 Å². The molecule has 11 heavy (non-hydrogen) atoms. The molecule has 66 valence electrons. The molecule has 0 spiro atoms. The third-order valence-electron chi connectivity index (χ3n) is 2.03. The molecule has 0 amide bonds. The van der Waals surface area contributed by atoms with E-state index in [9.17, 15) is 0 Å². The fourth-order valence-corrected chi connectivity index (χ4v) is 1.22. The molecule has 1 aliphatic rings. The van der Waals surface area contributed by atoms with Gasteiger partial charge >= 0.3 is 0 Å². The monoisotopic (exact) mass is 176 g/mol. The molecular weight excluding hydrogens is 160 g/mol. The molecule has 1 aliphatic heterocycles. The Morgan fingerprint density at radius 2 is 2.27 bits per heavy atom. The standard InChI is InChI=1S/C8H17N2.ClH/c1-3-4-6-10(2)7-5-9-8-10;/h5,7,9H,3-4,6,8H2,1-2H3;1H/q+1;/p-1. The number of nitrogens with one attached hydrogen (secondary N) is 1. The van der Waals surface area contributed by atoms with Crippen LogP contribution >= 0.6 is 0 Å². The molecule has 3 heteroatoms. The van der Waals surface area contributed by atoms with Crippen LogP contribution < -0.4 is 17.7 Å². The number of unbranched alkanes of at least 4 members (excludes halogenated alkanes) is 1. The van der Waals surface area contributed by atoms with Gasteiger partial charge in [0.15, 0.2) is 6.67 Å². The summed E-state index contributed by atoms with van der Waals surface area (Å²) in [4.78, 5) is 0. The first kappa shape index (κ1) is 10.8. The molecule has 2 nitrogen and oxygen atoms in total. The number of halogens is 1. The van der Waals surface area contributed by atoms with Crippen molar-refractivity contribution in [2.45, 2.75) is 19.8 Å². The summed E-state index contributed by atoms with van der Waals surface area (Å²) in [7, 11) is 2.26. The van der Waals surface area contributed by atoms with Crippen molar-refractivity contribution >= 4 is 0 Å². The maximum Gasteiger partial charge on any atom is 0.155 e. The molecule has 0 radical (unpaired) electrons. The first-order chi connectivity index (χ1) is 4.77. The molecule has 0 aromatic carbocycles. The predicted molar refractivity (Wildman–Crippen MR) is 43.1 cm³/mol. The summed E-state index contributed by atoms with van der Waals surface area (Å²) in [5.41, 5.74) is 0. The summed E-state index contributed by atoms with van der Waals surface area (Å²) < 4.78 is 1.06. The zero-order chi connectivity index (χ0) is 7.45. The Morgan fingerprint density at radius 3 is 2.73 bits per heavy atom. The van der Waals surface area contributed by atoms with Crippen LogP contribution in [0.15, 0.2) is 12.4 Å². The second-order valence-electron chi connectivity index (χ2n) is 3.23. The molecule has 1 atom stereocenters. The highest BCUT2D eigenvalue weighted by atomic mass is 35.5. The van der Waals surface area contributed by atoms with E-state index in [-0.39, 0.29) is 12.4 Å². The average molecular weight is 177 g/mol. The molecule has 0 fully saturated rings. The first-order valence-corrected chi connectivity index (χ1v) is 4.02. The highest BCUT2D eigenvalue weighted by Crippen LogP contribution is 2.08.